The molecule has 0 saturated carbocycles. The zero-order chi connectivity index (χ0) is 13.8. The van der Waals surface area contributed by atoms with Gasteiger partial charge >= 0.3 is 12.0 Å². The minimum atomic E-state index is -0.834. The summed E-state index contributed by atoms with van der Waals surface area (Å²) in [4.78, 5) is 24.6. The molecule has 18 heavy (non-hydrogen) atoms. The molecule has 0 spiro atoms. The molecule has 0 aromatic rings. The maximum atomic E-state index is 11.9. The van der Waals surface area contributed by atoms with Gasteiger partial charge in [-0.05, 0) is 20.3 Å². The average molecular weight is 274 g/mol. The molecule has 0 bridgehead atoms. The molecular weight excluding hydrogens is 252 g/mol. The highest BCUT2D eigenvalue weighted by Gasteiger charge is 2.27. The first-order valence-electron chi connectivity index (χ1n) is 6.21. The maximum Gasteiger partial charge on any atom is 0.317 e. The van der Waals surface area contributed by atoms with Gasteiger partial charge in [-0.25, -0.2) is 4.79 Å². The molecular formula is C12H22N2O3S. The number of aliphatic carboxylic acids is 1. The Hall–Kier alpha value is -0.910. The number of urea groups is 1. The minimum absolute atomic E-state index is 0.0802. The predicted molar refractivity (Wildman–Crippen MR) is 72.9 cm³/mol. The number of nitrogens with zero attached hydrogens (tertiary/aromatic N) is 1. The maximum absolute atomic E-state index is 11.9. The van der Waals surface area contributed by atoms with E-state index in [1.807, 2.05) is 11.8 Å². The third kappa shape index (κ3) is 4.40. The number of hydrogen-bond donors (Lipinski definition) is 2. The molecule has 104 valence electrons. The Kier molecular flexibility index (Phi) is 5.31. The van der Waals surface area contributed by atoms with Crippen LogP contribution in [0, 0.1) is 5.41 Å². The SMILES string of the molecule is CC1CN(C(=O)NCCC(C)(C)C(=O)O)CCS1. The summed E-state index contributed by atoms with van der Waals surface area (Å²) in [6.07, 6.45) is 0.437. The fourth-order valence-corrected chi connectivity index (χ4v) is 2.72. The van der Waals surface area contributed by atoms with Gasteiger partial charge < -0.3 is 15.3 Å². The normalized spacial score (nSPS) is 20.6. The van der Waals surface area contributed by atoms with E-state index in [4.69, 9.17) is 5.11 Å². The number of amides is 2. The third-order valence-electron chi connectivity index (χ3n) is 3.13. The second-order valence-corrected chi connectivity index (χ2v) is 6.84. The Morgan fingerprint density at radius 2 is 2.17 bits per heavy atom. The van der Waals surface area contributed by atoms with E-state index in [-0.39, 0.29) is 6.03 Å². The van der Waals surface area contributed by atoms with E-state index < -0.39 is 11.4 Å². The Bertz CT molecular complexity index is 320. The lowest BCUT2D eigenvalue weighted by Crippen LogP contribution is -2.47. The van der Waals surface area contributed by atoms with Crippen LogP contribution < -0.4 is 5.32 Å². The topological polar surface area (TPSA) is 69.6 Å². The summed E-state index contributed by atoms with van der Waals surface area (Å²) in [6, 6.07) is -0.0802. The molecule has 1 unspecified atom stereocenters. The molecule has 1 heterocycles. The smallest absolute Gasteiger partial charge is 0.317 e. The van der Waals surface area contributed by atoms with E-state index in [1.54, 1.807) is 18.7 Å². The number of carboxylic acid groups (broad SMARTS) is 1. The standard InChI is InChI=1S/C12H22N2O3S/c1-9-8-14(6-7-18-9)11(17)13-5-4-12(2,3)10(15)16/h9H,4-8H2,1-3H3,(H,13,17)(H,15,16). The van der Waals surface area contributed by atoms with Crippen molar-refractivity contribution in [3.05, 3.63) is 0 Å². The van der Waals surface area contributed by atoms with Crippen molar-refractivity contribution in [1.82, 2.24) is 10.2 Å². The van der Waals surface area contributed by atoms with Gasteiger partial charge in [0, 0.05) is 30.6 Å². The highest BCUT2D eigenvalue weighted by molar-refractivity contribution is 7.99. The Morgan fingerprint density at radius 1 is 1.50 bits per heavy atom. The second-order valence-electron chi connectivity index (χ2n) is 5.30. The summed E-state index contributed by atoms with van der Waals surface area (Å²) < 4.78 is 0. The van der Waals surface area contributed by atoms with Gasteiger partial charge in [-0.2, -0.15) is 11.8 Å². The van der Waals surface area contributed by atoms with Gasteiger partial charge in [-0.3, -0.25) is 4.79 Å². The summed E-state index contributed by atoms with van der Waals surface area (Å²) in [5.41, 5.74) is -0.793. The molecule has 6 heteroatoms. The third-order valence-corrected chi connectivity index (χ3v) is 4.27. The highest BCUT2D eigenvalue weighted by Crippen LogP contribution is 2.20. The van der Waals surface area contributed by atoms with E-state index in [0.717, 1.165) is 18.8 Å². The fourth-order valence-electron chi connectivity index (χ4n) is 1.70. The van der Waals surface area contributed by atoms with E-state index in [1.165, 1.54) is 0 Å². The van der Waals surface area contributed by atoms with Crippen LogP contribution in [-0.4, -0.2) is 52.6 Å². The lowest BCUT2D eigenvalue weighted by Gasteiger charge is -2.31. The second kappa shape index (κ2) is 6.31. The van der Waals surface area contributed by atoms with Gasteiger partial charge in [-0.15, -0.1) is 0 Å². The van der Waals surface area contributed by atoms with Crippen LogP contribution in [0.5, 0.6) is 0 Å². The van der Waals surface area contributed by atoms with E-state index >= 15 is 0 Å². The molecule has 1 rings (SSSR count). The summed E-state index contributed by atoms with van der Waals surface area (Å²) >= 11 is 1.87. The first-order valence-corrected chi connectivity index (χ1v) is 7.25. The van der Waals surface area contributed by atoms with Crippen LogP contribution in [-0.2, 0) is 4.79 Å². The average Bonchev–Trinajstić information content (AvgIpc) is 2.28. The molecule has 0 radical (unpaired) electrons. The van der Waals surface area contributed by atoms with E-state index in [0.29, 0.717) is 18.2 Å². The van der Waals surface area contributed by atoms with Gasteiger partial charge in [0.05, 0.1) is 5.41 Å². The van der Waals surface area contributed by atoms with Crippen LogP contribution in [0.2, 0.25) is 0 Å². The lowest BCUT2D eigenvalue weighted by molar-refractivity contribution is -0.147. The number of thioether (sulfide) groups is 1. The Labute approximate surface area is 112 Å². The molecule has 2 N–H and O–H groups in total. The highest BCUT2D eigenvalue weighted by atomic mass is 32.2. The molecule has 2 amide bonds. The van der Waals surface area contributed by atoms with Crippen LogP contribution in [0.3, 0.4) is 0 Å². The number of carbonyl (C=O) groups is 2. The zero-order valence-electron chi connectivity index (χ0n) is 11.2. The van der Waals surface area contributed by atoms with Crippen LogP contribution in [0.25, 0.3) is 0 Å². The summed E-state index contributed by atoms with van der Waals surface area (Å²) in [5.74, 6) is 0.134. The van der Waals surface area contributed by atoms with Gasteiger partial charge in [0.2, 0.25) is 0 Å². The predicted octanol–water partition coefficient (Wildman–Crippen LogP) is 1.63. The molecule has 1 atom stereocenters. The van der Waals surface area contributed by atoms with Crippen molar-refractivity contribution in [1.29, 1.82) is 0 Å². The van der Waals surface area contributed by atoms with Crippen LogP contribution in [0.1, 0.15) is 27.2 Å². The van der Waals surface area contributed by atoms with Crippen molar-refractivity contribution in [3.8, 4) is 0 Å². The van der Waals surface area contributed by atoms with Crippen molar-refractivity contribution >= 4 is 23.8 Å². The van der Waals surface area contributed by atoms with Gasteiger partial charge in [0.25, 0.3) is 0 Å². The van der Waals surface area contributed by atoms with Crippen molar-refractivity contribution in [2.45, 2.75) is 32.4 Å². The molecule has 0 aliphatic carbocycles. The summed E-state index contributed by atoms with van der Waals surface area (Å²) in [5, 5.41) is 12.2. The van der Waals surface area contributed by atoms with Crippen LogP contribution in [0.4, 0.5) is 4.79 Å². The lowest BCUT2D eigenvalue weighted by atomic mass is 9.90. The van der Waals surface area contributed by atoms with Gasteiger partial charge in [0.1, 0.15) is 0 Å². The van der Waals surface area contributed by atoms with Gasteiger partial charge in [0.15, 0.2) is 0 Å². The van der Waals surface area contributed by atoms with E-state index in [9.17, 15) is 9.59 Å². The molecule has 1 saturated heterocycles. The molecule has 1 aliphatic heterocycles. The van der Waals surface area contributed by atoms with Crippen LogP contribution >= 0.6 is 11.8 Å². The molecule has 5 nitrogen and oxygen atoms in total. The Balaban J connectivity index is 2.31. The summed E-state index contributed by atoms with van der Waals surface area (Å²) in [6.45, 7) is 7.37. The molecule has 1 aliphatic rings. The van der Waals surface area contributed by atoms with E-state index in [2.05, 4.69) is 12.2 Å². The summed E-state index contributed by atoms with van der Waals surface area (Å²) in [7, 11) is 0. The Morgan fingerprint density at radius 3 is 2.72 bits per heavy atom. The van der Waals surface area contributed by atoms with Crippen LogP contribution in [0.15, 0.2) is 0 Å². The number of carboxylic acids is 1. The van der Waals surface area contributed by atoms with Crippen molar-refractivity contribution in [3.63, 3.8) is 0 Å². The van der Waals surface area contributed by atoms with Crippen molar-refractivity contribution < 1.29 is 14.7 Å². The largest absolute Gasteiger partial charge is 0.481 e. The molecule has 0 aromatic heterocycles. The minimum Gasteiger partial charge on any atom is -0.481 e. The first-order chi connectivity index (χ1) is 8.33. The fraction of sp³-hybridized carbons (Fsp3) is 0.833. The quantitative estimate of drug-likeness (QED) is 0.817. The number of carbonyl (C=O) groups excluding carboxylic acids is 1. The van der Waals surface area contributed by atoms with Crippen molar-refractivity contribution in [2.24, 2.45) is 5.41 Å². The van der Waals surface area contributed by atoms with Gasteiger partial charge in [-0.1, -0.05) is 6.92 Å². The molecule has 0 aromatic carbocycles. The monoisotopic (exact) mass is 274 g/mol. The number of hydrogen-bond acceptors (Lipinski definition) is 3. The van der Waals surface area contributed by atoms with Crippen molar-refractivity contribution in [2.75, 3.05) is 25.4 Å². The first kappa shape index (κ1) is 15.1. The molecule has 1 fully saturated rings. The number of rotatable bonds is 4. The number of nitrogens with one attached hydrogen (secondary N) is 1. The zero-order valence-corrected chi connectivity index (χ0v) is 12.0.